The highest BCUT2D eigenvalue weighted by Crippen LogP contribution is 2.18. The average molecular weight is 244 g/mol. The Morgan fingerprint density at radius 3 is 2.67 bits per heavy atom. The molecule has 2 aromatic rings. The summed E-state index contributed by atoms with van der Waals surface area (Å²) in [6.45, 7) is 1.05. The van der Waals surface area contributed by atoms with Gasteiger partial charge in [0.2, 0.25) is 0 Å². The molecule has 1 aromatic heterocycles. The molecule has 1 N–H and O–H groups in total. The quantitative estimate of drug-likeness (QED) is 0.758. The Hall–Kier alpha value is -1.77. The molecule has 0 unspecified atom stereocenters. The number of imidazole rings is 1. The van der Waals surface area contributed by atoms with E-state index in [-0.39, 0.29) is 0 Å². The van der Waals surface area contributed by atoms with Crippen molar-refractivity contribution in [2.24, 2.45) is 0 Å². The largest absolute Gasteiger partial charge is 0.508 e. The molecular weight excluding hydrogens is 224 g/mol. The Bertz CT molecular complexity index is 451. The van der Waals surface area contributed by atoms with Crippen molar-refractivity contribution in [1.29, 1.82) is 0 Å². The highest BCUT2D eigenvalue weighted by molar-refractivity contribution is 5.31. The van der Waals surface area contributed by atoms with Gasteiger partial charge >= 0.3 is 0 Å². The predicted molar refractivity (Wildman–Crippen MR) is 72.5 cm³/mol. The molecule has 0 spiro atoms. The van der Waals surface area contributed by atoms with Gasteiger partial charge in [0, 0.05) is 18.9 Å². The van der Waals surface area contributed by atoms with Gasteiger partial charge in [-0.3, -0.25) is 0 Å². The first-order valence-corrected chi connectivity index (χ1v) is 6.59. The van der Waals surface area contributed by atoms with E-state index in [0.717, 1.165) is 24.9 Å². The minimum absolute atomic E-state index is 0.427. The van der Waals surface area contributed by atoms with Crippen LogP contribution in [0.5, 0.6) is 5.75 Å². The van der Waals surface area contributed by atoms with Gasteiger partial charge in [0.05, 0.1) is 6.33 Å². The number of aromatic hydroxyl groups is 1. The molecule has 0 bridgehead atoms. The van der Waals surface area contributed by atoms with E-state index in [9.17, 15) is 5.11 Å². The molecule has 0 saturated carbocycles. The standard InChI is InChI=1S/C15H20N2O/c18-15-9-5-4-8-14(15)7-3-1-2-6-11-17-12-10-16-13-17/h4-5,8-10,12-13,18H,1-3,6-7,11H2. The number of nitrogens with zero attached hydrogens (tertiary/aromatic N) is 2. The van der Waals surface area contributed by atoms with Crippen LogP contribution in [0.15, 0.2) is 43.0 Å². The topological polar surface area (TPSA) is 38.0 Å². The fraction of sp³-hybridized carbons (Fsp3) is 0.400. The van der Waals surface area contributed by atoms with Crippen LogP contribution in [0, 0.1) is 0 Å². The van der Waals surface area contributed by atoms with Crippen LogP contribution in [-0.4, -0.2) is 14.7 Å². The van der Waals surface area contributed by atoms with Crippen LogP contribution in [0.3, 0.4) is 0 Å². The second kappa shape index (κ2) is 6.84. The SMILES string of the molecule is Oc1ccccc1CCCCCCn1ccnc1. The van der Waals surface area contributed by atoms with Crippen LogP contribution in [-0.2, 0) is 13.0 Å². The molecule has 0 saturated heterocycles. The summed E-state index contributed by atoms with van der Waals surface area (Å²) in [5, 5.41) is 9.63. The second-order valence-electron chi connectivity index (χ2n) is 4.59. The summed E-state index contributed by atoms with van der Waals surface area (Å²) < 4.78 is 2.11. The first-order chi connectivity index (χ1) is 8.86. The van der Waals surface area contributed by atoms with E-state index in [1.54, 1.807) is 6.07 Å². The molecule has 0 radical (unpaired) electrons. The zero-order chi connectivity index (χ0) is 12.6. The van der Waals surface area contributed by atoms with Gasteiger partial charge in [0.15, 0.2) is 0 Å². The molecule has 2 rings (SSSR count). The van der Waals surface area contributed by atoms with Crippen LogP contribution in [0.4, 0.5) is 0 Å². The van der Waals surface area contributed by atoms with Crippen LogP contribution in [0.2, 0.25) is 0 Å². The van der Waals surface area contributed by atoms with E-state index in [0.29, 0.717) is 5.75 Å². The maximum atomic E-state index is 9.63. The number of phenolic OH excluding ortho intramolecular Hbond substituents is 1. The third-order valence-corrected chi connectivity index (χ3v) is 3.16. The van der Waals surface area contributed by atoms with Crippen LogP contribution in [0.1, 0.15) is 31.2 Å². The van der Waals surface area contributed by atoms with Crippen molar-refractivity contribution >= 4 is 0 Å². The lowest BCUT2D eigenvalue weighted by Gasteiger charge is -2.04. The first kappa shape index (κ1) is 12.7. The number of unbranched alkanes of at least 4 members (excludes halogenated alkanes) is 3. The van der Waals surface area contributed by atoms with Gasteiger partial charge < -0.3 is 9.67 Å². The maximum absolute atomic E-state index is 9.63. The van der Waals surface area contributed by atoms with Crippen LogP contribution < -0.4 is 0 Å². The summed E-state index contributed by atoms with van der Waals surface area (Å²) in [6, 6.07) is 7.60. The number of benzene rings is 1. The van der Waals surface area contributed by atoms with Crippen molar-refractivity contribution in [2.75, 3.05) is 0 Å². The van der Waals surface area contributed by atoms with Crippen LogP contribution in [0.25, 0.3) is 0 Å². The normalized spacial score (nSPS) is 10.7. The molecule has 0 atom stereocenters. The fourth-order valence-electron chi connectivity index (χ4n) is 2.10. The minimum Gasteiger partial charge on any atom is -0.508 e. The molecule has 0 aliphatic carbocycles. The van der Waals surface area contributed by atoms with Crippen molar-refractivity contribution in [3.63, 3.8) is 0 Å². The Kier molecular flexibility index (Phi) is 4.82. The number of phenols is 1. The molecule has 0 aliphatic rings. The van der Waals surface area contributed by atoms with E-state index in [1.807, 2.05) is 36.9 Å². The predicted octanol–water partition coefficient (Wildman–Crippen LogP) is 3.39. The highest BCUT2D eigenvalue weighted by Gasteiger charge is 1.99. The zero-order valence-corrected chi connectivity index (χ0v) is 10.6. The lowest BCUT2D eigenvalue weighted by molar-refractivity contribution is 0.465. The van der Waals surface area contributed by atoms with E-state index in [4.69, 9.17) is 0 Å². The number of rotatable bonds is 7. The molecule has 96 valence electrons. The molecular formula is C15H20N2O. The van der Waals surface area contributed by atoms with Gasteiger partial charge in [-0.15, -0.1) is 0 Å². The molecule has 0 amide bonds. The molecule has 3 heteroatoms. The van der Waals surface area contributed by atoms with Gasteiger partial charge in [0.25, 0.3) is 0 Å². The first-order valence-electron chi connectivity index (χ1n) is 6.59. The molecule has 3 nitrogen and oxygen atoms in total. The zero-order valence-electron chi connectivity index (χ0n) is 10.6. The number of aryl methyl sites for hydroxylation is 2. The monoisotopic (exact) mass is 244 g/mol. The second-order valence-corrected chi connectivity index (χ2v) is 4.59. The number of hydrogen-bond acceptors (Lipinski definition) is 2. The Morgan fingerprint density at radius 2 is 1.89 bits per heavy atom. The lowest BCUT2D eigenvalue weighted by atomic mass is 10.1. The molecule has 18 heavy (non-hydrogen) atoms. The maximum Gasteiger partial charge on any atom is 0.118 e. The van der Waals surface area contributed by atoms with E-state index in [2.05, 4.69) is 9.55 Å². The summed E-state index contributed by atoms with van der Waals surface area (Å²) in [4.78, 5) is 4.02. The highest BCUT2D eigenvalue weighted by atomic mass is 16.3. The van der Waals surface area contributed by atoms with Crippen molar-refractivity contribution < 1.29 is 5.11 Å². The smallest absolute Gasteiger partial charge is 0.118 e. The van der Waals surface area contributed by atoms with Crippen molar-refractivity contribution in [3.8, 4) is 5.75 Å². The van der Waals surface area contributed by atoms with Gasteiger partial charge in [0.1, 0.15) is 5.75 Å². The summed E-state index contributed by atoms with van der Waals surface area (Å²) in [5.74, 6) is 0.427. The average Bonchev–Trinajstić information content (AvgIpc) is 2.89. The third-order valence-electron chi connectivity index (χ3n) is 3.16. The molecule has 1 aromatic carbocycles. The number of hydrogen-bond donors (Lipinski definition) is 1. The van der Waals surface area contributed by atoms with E-state index in [1.165, 1.54) is 19.3 Å². The van der Waals surface area contributed by atoms with Gasteiger partial charge in [-0.1, -0.05) is 31.0 Å². The van der Waals surface area contributed by atoms with E-state index < -0.39 is 0 Å². The van der Waals surface area contributed by atoms with Crippen molar-refractivity contribution in [1.82, 2.24) is 9.55 Å². The summed E-state index contributed by atoms with van der Waals surface area (Å²) >= 11 is 0. The summed E-state index contributed by atoms with van der Waals surface area (Å²) in [6.07, 6.45) is 11.4. The fourth-order valence-corrected chi connectivity index (χ4v) is 2.10. The summed E-state index contributed by atoms with van der Waals surface area (Å²) in [5.41, 5.74) is 1.06. The van der Waals surface area contributed by atoms with E-state index >= 15 is 0 Å². The van der Waals surface area contributed by atoms with Crippen molar-refractivity contribution in [3.05, 3.63) is 48.5 Å². The number of para-hydroxylation sites is 1. The van der Waals surface area contributed by atoms with Crippen LogP contribution >= 0.6 is 0 Å². The molecule has 0 fully saturated rings. The lowest BCUT2D eigenvalue weighted by Crippen LogP contribution is -1.94. The van der Waals surface area contributed by atoms with Gasteiger partial charge in [-0.05, 0) is 30.9 Å². The number of aromatic nitrogens is 2. The third kappa shape index (κ3) is 3.91. The Labute approximate surface area is 108 Å². The van der Waals surface area contributed by atoms with Crippen molar-refractivity contribution in [2.45, 2.75) is 38.6 Å². The van der Waals surface area contributed by atoms with Gasteiger partial charge in [-0.2, -0.15) is 0 Å². The Balaban J connectivity index is 1.58. The Morgan fingerprint density at radius 1 is 1.06 bits per heavy atom. The molecule has 1 heterocycles. The summed E-state index contributed by atoms with van der Waals surface area (Å²) in [7, 11) is 0. The van der Waals surface area contributed by atoms with Gasteiger partial charge in [-0.25, -0.2) is 4.98 Å². The molecule has 0 aliphatic heterocycles. The minimum atomic E-state index is 0.427.